The van der Waals surface area contributed by atoms with Crippen LogP contribution in [-0.4, -0.2) is 17.3 Å². The number of nitrogens with two attached hydrogens (primary N) is 1. The van der Waals surface area contributed by atoms with Crippen LogP contribution in [-0.2, 0) is 0 Å². The van der Waals surface area contributed by atoms with Crippen molar-refractivity contribution in [2.75, 3.05) is 12.4 Å². The van der Waals surface area contributed by atoms with Gasteiger partial charge in [0, 0.05) is 27.9 Å². The molecule has 0 saturated carbocycles. The first-order valence-electron chi connectivity index (χ1n) is 6.40. The fraction of sp³-hybridized carbons (Fsp3) is 0.267. The predicted molar refractivity (Wildman–Crippen MR) is 84.5 cm³/mol. The van der Waals surface area contributed by atoms with Gasteiger partial charge in [-0.15, -0.1) is 11.8 Å². The normalized spacial score (nSPS) is 12.2. The van der Waals surface area contributed by atoms with Crippen LogP contribution < -0.4 is 10.5 Å². The van der Waals surface area contributed by atoms with Gasteiger partial charge in [0.05, 0.1) is 12.8 Å². The monoisotopic (exact) mass is 308 g/mol. The number of halogens is 1. The number of aromatic nitrogens is 1. The van der Waals surface area contributed by atoms with Crippen molar-refractivity contribution in [2.24, 2.45) is 5.73 Å². The molecule has 106 valence electrons. The molecule has 0 amide bonds. The molecule has 1 unspecified atom stereocenters. The van der Waals surface area contributed by atoms with Gasteiger partial charge in [-0.05, 0) is 36.8 Å². The lowest BCUT2D eigenvalue weighted by molar-refractivity contribution is 0.338. The van der Waals surface area contributed by atoms with Gasteiger partial charge in [0.1, 0.15) is 5.75 Å². The van der Waals surface area contributed by atoms with Crippen LogP contribution in [0.1, 0.15) is 18.5 Å². The summed E-state index contributed by atoms with van der Waals surface area (Å²) in [6, 6.07) is 9.62. The average molecular weight is 309 g/mol. The number of thioether (sulfide) groups is 1. The summed E-state index contributed by atoms with van der Waals surface area (Å²) in [5.74, 6) is 1.52. The predicted octanol–water partition coefficient (Wildman–Crippen LogP) is 3.93. The third-order valence-corrected chi connectivity index (χ3v) is 4.05. The van der Waals surface area contributed by atoms with Gasteiger partial charge in [0.15, 0.2) is 0 Å². The zero-order valence-corrected chi connectivity index (χ0v) is 12.8. The first-order valence-corrected chi connectivity index (χ1v) is 7.77. The second-order valence-corrected chi connectivity index (χ2v) is 5.79. The fourth-order valence-electron chi connectivity index (χ4n) is 1.72. The quantitative estimate of drug-likeness (QED) is 0.822. The molecule has 1 atom stereocenters. The summed E-state index contributed by atoms with van der Waals surface area (Å²) in [5, 5.41) is 0.739. The molecule has 0 fully saturated rings. The van der Waals surface area contributed by atoms with E-state index in [1.807, 2.05) is 37.3 Å². The van der Waals surface area contributed by atoms with E-state index in [2.05, 4.69) is 4.98 Å². The third-order valence-electron chi connectivity index (χ3n) is 2.70. The first kappa shape index (κ1) is 15.2. The van der Waals surface area contributed by atoms with E-state index in [4.69, 9.17) is 22.1 Å². The van der Waals surface area contributed by atoms with Gasteiger partial charge in [-0.25, -0.2) is 0 Å². The summed E-state index contributed by atoms with van der Waals surface area (Å²) < 4.78 is 5.43. The Bertz CT molecular complexity index is 565. The van der Waals surface area contributed by atoms with Crippen LogP contribution in [0.4, 0.5) is 0 Å². The lowest BCUT2D eigenvalue weighted by Gasteiger charge is -2.12. The molecule has 1 heterocycles. The van der Waals surface area contributed by atoms with Crippen molar-refractivity contribution >= 4 is 23.4 Å². The molecule has 0 saturated heterocycles. The number of nitrogens with zero attached hydrogens (tertiary/aromatic N) is 1. The minimum Gasteiger partial charge on any atom is -0.492 e. The highest BCUT2D eigenvalue weighted by Gasteiger charge is 2.09. The maximum Gasteiger partial charge on any atom is 0.137 e. The van der Waals surface area contributed by atoms with Crippen LogP contribution in [0.3, 0.4) is 0 Å². The van der Waals surface area contributed by atoms with Crippen molar-refractivity contribution in [1.29, 1.82) is 0 Å². The molecule has 20 heavy (non-hydrogen) atoms. The number of hydrogen-bond donors (Lipinski definition) is 1. The summed E-state index contributed by atoms with van der Waals surface area (Å²) >= 11 is 7.64. The Kier molecular flexibility index (Phi) is 5.71. The summed E-state index contributed by atoms with van der Waals surface area (Å²) in [7, 11) is 0. The number of ether oxygens (including phenoxy) is 1. The molecule has 0 spiro atoms. The topological polar surface area (TPSA) is 48.1 Å². The molecule has 1 aromatic carbocycles. The Hall–Kier alpha value is -1.23. The molecular formula is C15H17ClN2OS. The lowest BCUT2D eigenvalue weighted by atomic mass is 10.1. The Morgan fingerprint density at radius 3 is 2.95 bits per heavy atom. The Labute approximate surface area is 128 Å². The van der Waals surface area contributed by atoms with Crippen molar-refractivity contribution in [3.8, 4) is 5.75 Å². The van der Waals surface area contributed by atoms with Crippen molar-refractivity contribution in [3.05, 3.63) is 53.3 Å². The van der Waals surface area contributed by atoms with E-state index in [9.17, 15) is 0 Å². The zero-order chi connectivity index (χ0) is 14.4. The van der Waals surface area contributed by atoms with E-state index in [1.165, 1.54) is 0 Å². The minimum absolute atomic E-state index is 0.0908. The molecule has 0 aliphatic rings. The highest BCUT2D eigenvalue weighted by atomic mass is 35.5. The van der Waals surface area contributed by atoms with Gasteiger partial charge in [-0.3, -0.25) is 4.98 Å². The summed E-state index contributed by atoms with van der Waals surface area (Å²) in [5.41, 5.74) is 7.17. The Balaban J connectivity index is 1.97. The van der Waals surface area contributed by atoms with Gasteiger partial charge in [-0.1, -0.05) is 17.7 Å². The maximum atomic E-state index is 6.20. The molecule has 5 heteroatoms. The van der Waals surface area contributed by atoms with Crippen LogP contribution in [0.15, 0.2) is 47.6 Å². The van der Waals surface area contributed by atoms with Gasteiger partial charge in [0.2, 0.25) is 0 Å². The highest BCUT2D eigenvalue weighted by Crippen LogP contribution is 2.26. The van der Waals surface area contributed by atoms with Crippen LogP contribution in [0.2, 0.25) is 5.02 Å². The average Bonchev–Trinajstić information content (AvgIpc) is 2.45. The van der Waals surface area contributed by atoms with Crippen LogP contribution in [0, 0.1) is 0 Å². The van der Waals surface area contributed by atoms with Gasteiger partial charge in [-0.2, -0.15) is 0 Å². The Morgan fingerprint density at radius 1 is 1.35 bits per heavy atom. The van der Waals surface area contributed by atoms with Crippen molar-refractivity contribution < 1.29 is 4.74 Å². The van der Waals surface area contributed by atoms with Crippen molar-refractivity contribution in [2.45, 2.75) is 17.9 Å². The SMILES string of the molecule is CCOc1cncc(C(N)CSc2cccc(Cl)c2)c1. The summed E-state index contributed by atoms with van der Waals surface area (Å²) in [6.07, 6.45) is 3.48. The molecule has 0 aliphatic heterocycles. The maximum absolute atomic E-state index is 6.20. The third kappa shape index (κ3) is 4.40. The number of hydrogen-bond acceptors (Lipinski definition) is 4. The van der Waals surface area contributed by atoms with Crippen molar-refractivity contribution in [3.63, 3.8) is 0 Å². The molecule has 2 aromatic rings. The standard InChI is InChI=1S/C15H17ClN2OS/c1-2-19-13-6-11(8-18-9-13)15(17)10-20-14-5-3-4-12(16)7-14/h3-9,15H,2,10,17H2,1H3. The molecule has 0 radical (unpaired) electrons. The lowest BCUT2D eigenvalue weighted by Crippen LogP contribution is -2.13. The van der Waals surface area contributed by atoms with Gasteiger partial charge >= 0.3 is 0 Å². The molecular weight excluding hydrogens is 292 g/mol. The van der Waals surface area contributed by atoms with Crippen LogP contribution in [0.25, 0.3) is 0 Å². The molecule has 1 aromatic heterocycles. The van der Waals surface area contributed by atoms with Crippen LogP contribution in [0.5, 0.6) is 5.75 Å². The van der Waals surface area contributed by atoms with Gasteiger partial charge < -0.3 is 10.5 Å². The van der Waals surface area contributed by atoms with E-state index in [0.717, 1.165) is 27.0 Å². The number of rotatable bonds is 6. The van der Waals surface area contributed by atoms with E-state index >= 15 is 0 Å². The van der Waals surface area contributed by atoms with E-state index in [-0.39, 0.29) is 6.04 Å². The molecule has 2 rings (SSSR count). The smallest absolute Gasteiger partial charge is 0.137 e. The molecule has 0 bridgehead atoms. The largest absolute Gasteiger partial charge is 0.492 e. The van der Waals surface area contributed by atoms with E-state index < -0.39 is 0 Å². The van der Waals surface area contributed by atoms with Gasteiger partial charge in [0.25, 0.3) is 0 Å². The minimum atomic E-state index is -0.0908. The van der Waals surface area contributed by atoms with E-state index in [1.54, 1.807) is 24.2 Å². The molecule has 3 nitrogen and oxygen atoms in total. The number of pyridine rings is 1. The van der Waals surface area contributed by atoms with E-state index in [0.29, 0.717) is 6.61 Å². The highest BCUT2D eigenvalue weighted by molar-refractivity contribution is 7.99. The second kappa shape index (κ2) is 7.53. The summed E-state index contributed by atoms with van der Waals surface area (Å²) in [4.78, 5) is 5.27. The zero-order valence-electron chi connectivity index (χ0n) is 11.3. The molecule has 2 N–H and O–H groups in total. The Morgan fingerprint density at radius 2 is 2.20 bits per heavy atom. The first-order chi connectivity index (χ1) is 9.69. The number of benzene rings is 1. The fourth-order valence-corrected chi connectivity index (χ4v) is 2.93. The van der Waals surface area contributed by atoms with Crippen molar-refractivity contribution in [1.82, 2.24) is 4.98 Å². The second-order valence-electron chi connectivity index (χ2n) is 4.26. The van der Waals surface area contributed by atoms with Crippen LogP contribution >= 0.6 is 23.4 Å². The summed E-state index contributed by atoms with van der Waals surface area (Å²) in [6.45, 7) is 2.57. The molecule has 0 aliphatic carbocycles.